The lowest BCUT2D eigenvalue weighted by Crippen LogP contribution is -2.03. The zero-order chi connectivity index (χ0) is 9.97. The summed E-state index contributed by atoms with van der Waals surface area (Å²) in [6.07, 6.45) is 4.07. The van der Waals surface area contributed by atoms with Gasteiger partial charge >= 0.3 is 0 Å². The molecular weight excluding hydrogens is 179 g/mol. The molecule has 14 heavy (non-hydrogen) atoms. The number of halogens is 1. The van der Waals surface area contributed by atoms with Gasteiger partial charge in [0.05, 0.1) is 0 Å². The van der Waals surface area contributed by atoms with Crippen LogP contribution in [0, 0.1) is 5.82 Å². The Morgan fingerprint density at radius 3 is 3.00 bits per heavy atom. The van der Waals surface area contributed by atoms with Crippen molar-refractivity contribution in [3.05, 3.63) is 42.0 Å². The molecule has 0 atom stereocenters. The Morgan fingerprint density at radius 2 is 2.21 bits per heavy atom. The monoisotopic (exact) mass is 190 g/mol. The van der Waals surface area contributed by atoms with Gasteiger partial charge in [-0.1, -0.05) is 0 Å². The van der Waals surface area contributed by atoms with Gasteiger partial charge in [-0.3, -0.25) is 4.98 Å². The minimum absolute atomic E-state index is 0.228. The molecule has 1 heterocycles. The van der Waals surface area contributed by atoms with E-state index >= 15 is 0 Å². The average Bonchev–Trinajstić information content (AvgIpc) is 2.18. The van der Waals surface area contributed by atoms with E-state index in [9.17, 15) is 4.39 Å². The molecule has 3 heteroatoms. The zero-order valence-electron chi connectivity index (χ0n) is 7.70. The van der Waals surface area contributed by atoms with Crippen molar-refractivity contribution in [3.63, 3.8) is 0 Å². The van der Waals surface area contributed by atoms with E-state index in [4.69, 9.17) is 5.73 Å². The maximum absolute atomic E-state index is 13.2. The van der Waals surface area contributed by atoms with E-state index in [2.05, 4.69) is 4.98 Å². The van der Waals surface area contributed by atoms with Crippen LogP contribution in [0.3, 0.4) is 0 Å². The van der Waals surface area contributed by atoms with E-state index in [1.807, 2.05) is 6.07 Å². The van der Waals surface area contributed by atoms with E-state index in [1.165, 1.54) is 12.1 Å². The van der Waals surface area contributed by atoms with Gasteiger partial charge in [0, 0.05) is 17.8 Å². The Morgan fingerprint density at radius 1 is 1.36 bits per heavy atom. The van der Waals surface area contributed by atoms with Gasteiger partial charge in [0.2, 0.25) is 0 Å². The second kappa shape index (κ2) is 3.72. The summed E-state index contributed by atoms with van der Waals surface area (Å²) in [5.74, 6) is -0.228. The molecule has 0 bridgehead atoms. The van der Waals surface area contributed by atoms with Crippen LogP contribution in [-0.2, 0) is 6.42 Å². The highest BCUT2D eigenvalue weighted by Crippen LogP contribution is 2.19. The molecule has 0 aliphatic carbocycles. The molecule has 0 aliphatic heterocycles. The Bertz CT molecular complexity index is 454. The first-order valence-corrected chi connectivity index (χ1v) is 4.53. The number of fused-ring (bicyclic) bond motifs is 1. The molecule has 0 radical (unpaired) electrons. The first kappa shape index (κ1) is 9.09. The highest BCUT2D eigenvalue weighted by molar-refractivity contribution is 5.84. The molecule has 0 saturated heterocycles. The lowest BCUT2D eigenvalue weighted by Gasteiger charge is -2.04. The number of benzene rings is 1. The van der Waals surface area contributed by atoms with Crippen molar-refractivity contribution < 1.29 is 4.39 Å². The first-order chi connectivity index (χ1) is 6.81. The summed E-state index contributed by atoms with van der Waals surface area (Å²) in [5.41, 5.74) is 6.41. The third kappa shape index (κ3) is 1.59. The van der Waals surface area contributed by atoms with Gasteiger partial charge in [-0.2, -0.15) is 0 Å². The van der Waals surface area contributed by atoms with Crippen molar-refractivity contribution in [1.82, 2.24) is 4.98 Å². The predicted octanol–water partition coefficient (Wildman–Crippen LogP) is 1.88. The zero-order valence-corrected chi connectivity index (χ0v) is 7.70. The Hall–Kier alpha value is -1.48. The van der Waals surface area contributed by atoms with E-state index in [0.29, 0.717) is 13.0 Å². The van der Waals surface area contributed by atoms with E-state index < -0.39 is 0 Å². The molecule has 0 saturated carbocycles. The van der Waals surface area contributed by atoms with Crippen molar-refractivity contribution in [2.24, 2.45) is 5.73 Å². The standard InChI is InChI=1S/C11H11FN2/c12-10-5-8(1-3-13)11-2-4-14-7-9(11)6-10/h2,4-7H,1,3,13H2. The number of nitrogens with zero attached hydrogens (tertiary/aromatic N) is 1. The second-order valence-electron chi connectivity index (χ2n) is 3.20. The minimum atomic E-state index is -0.228. The number of aromatic nitrogens is 1. The fraction of sp³-hybridized carbons (Fsp3) is 0.182. The fourth-order valence-electron chi connectivity index (χ4n) is 1.61. The highest BCUT2D eigenvalue weighted by Gasteiger charge is 2.02. The smallest absolute Gasteiger partial charge is 0.124 e. The fourth-order valence-corrected chi connectivity index (χ4v) is 1.61. The van der Waals surface area contributed by atoms with Crippen molar-refractivity contribution in [2.45, 2.75) is 6.42 Å². The van der Waals surface area contributed by atoms with Crippen LogP contribution in [0.25, 0.3) is 10.8 Å². The quantitative estimate of drug-likeness (QED) is 0.785. The van der Waals surface area contributed by atoms with E-state index in [0.717, 1.165) is 16.3 Å². The van der Waals surface area contributed by atoms with Crippen LogP contribution in [0.4, 0.5) is 4.39 Å². The molecule has 2 rings (SSSR count). The van der Waals surface area contributed by atoms with Crippen LogP contribution in [0.2, 0.25) is 0 Å². The Labute approximate surface area is 81.6 Å². The van der Waals surface area contributed by atoms with Crippen molar-refractivity contribution in [3.8, 4) is 0 Å². The molecule has 0 amide bonds. The van der Waals surface area contributed by atoms with Gasteiger partial charge in [0.1, 0.15) is 5.82 Å². The van der Waals surface area contributed by atoms with Gasteiger partial charge in [0.25, 0.3) is 0 Å². The summed E-state index contributed by atoms with van der Waals surface area (Å²) >= 11 is 0. The van der Waals surface area contributed by atoms with Crippen LogP contribution in [0.1, 0.15) is 5.56 Å². The van der Waals surface area contributed by atoms with Crippen molar-refractivity contribution in [2.75, 3.05) is 6.54 Å². The van der Waals surface area contributed by atoms with E-state index in [-0.39, 0.29) is 5.82 Å². The summed E-state index contributed by atoms with van der Waals surface area (Å²) in [7, 11) is 0. The molecule has 2 nitrogen and oxygen atoms in total. The van der Waals surface area contributed by atoms with Crippen LogP contribution >= 0.6 is 0 Å². The molecule has 0 aliphatic rings. The number of hydrogen-bond acceptors (Lipinski definition) is 2. The number of rotatable bonds is 2. The normalized spacial score (nSPS) is 10.7. The summed E-state index contributed by atoms with van der Waals surface area (Å²) in [6, 6.07) is 4.91. The van der Waals surface area contributed by atoms with Gasteiger partial charge in [-0.05, 0) is 42.1 Å². The Balaban J connectivity index is 2.67. The molecule has 0 spiro atoms. The Kier molecular flexibility index (Phi) is 2.41. The molecule has 72 valence electrons. The van der Waals surface area contributed by atoms with Crippen LogP contribution in [0.5, 0.6) is 0 Å². The second-order valence-corrected chi connectivity index (χ2v) is 3.20. The van der Waals surface area contributed by atoms with Gasteiger partial charge in [-0.15, -0.1) is 0 Å². The maximum atomic E-state index is 13.2. The summed E-state index contributed by atoms with van der Waals surface area (Å²) < 4.78 is 13.2. The largest absolute Gasteiger partial charge is 0.330 e. The molecule has 1 aromatic heterocycles. The summed E-state index contributed by atoms with van der Waals surface area (Å²) in [4.78, 5) is 3.96. The van der Waals surface area contributed by atoms with Crippen LogP contribution in [-0.4, -0.2) is 11.5 Å². The third-order valence-corrected chi connectivity index (χ3v) is 2.22. The average molecular weight is 190 g/mol. The number of nitrogens with two attached hydrogens (primary N) is 1. The molecule has 1 aromatic carbocycles. The van der Waals surface area contributed by atoms with Crippen LogP contribution < -0.4 is 5.73 Å². The lowest BCUT2D eigenvalue weighted by atomic mass is 10.0. The number of pyridine rings is 1. The summed E-state index contributed by atoms with van der Waals surface area (Å²) in [5, 5.41) is 1.86. The highest BCUT2D eigenvalue weighted by atomic mass is 19.1. The minimum Gasteiger partial charge on any atom is -0.330 e. The van der Waals surface area contributed by atoms with E-state index in [1.54, 1.807) is 12.4 Å². The molecular formula is C11H11FN2. The van der Waals surface area contributed by atoms with Gasteiger partial charge in [-0.25, -0.2) is 4.39 Å². The summed E-state index contributed by atoms with van der Waals surface area (Å²) in [6.45, 7) is 0.529. The molecule has 0 fully saturated rings. The van der Waals surface area contributed by atoms with Crippen molar-refractivity contribution >= 4 is 10.8 Å². The van der Waals surface area contributed by atoms with Gasteiger partial charge < -0.3 is 5.73 Å². The SMILES string of the molecule is NCCc1cc(F)cc2cnccc12. The number of hydrogen-bond donors (Lipinski definition) is 1. The topological polar surface area (TPSA) is 38.9 Å². The van der Waals surface area contributed by atoms with Crippen LogP contribution in [0.15, 0.2) is 30.6 Å². The molecule has 0 unspecified atom stereocenters. The van der Waals surface area contributed by atoms with Gasteiger partial charge in [0.15, 0.2) is 0 Å². The predicted molar refractivity (Wildman–Crippen MR) is 54.5 cm³/mol. The lowest BCUT2D eigenvalue weighted by molar-refractivity contribution is 0.627. The molecule has 2 aromatic rings. The van der Waals surface area contributed by atoms with Crippen molar-refractivity contribution in [1.29, 1.82) is 0 Å². The molecule has 2 N–H and O–H groups in total. The maximum Gasteiger partial charge on any atom is 0.124 e. The first-order valence-electron chi connectivity index (χ1n) is 4.53. The third-order valence-electron chi connectivity index (χ3n) is 2.22.